The van der Waals surface area contributed by atoms with E-state index in [1.807, 2.05) is 169 Å². The van der Waals surface area contributed by atoms with Crippen LogP contribution in [0.4, 0.5) is 0 Å². The van der Waals surface area contributed by atoms with Gasteiger partial charge in [-0.1, -0.05) is 112 Å². The number of benzene rings is 6. The molecule has 1 unspecified atom stereocenters. The smallest absolute Gasteiger partial charge is 0.306 e. The van der Waals surface area contributed by atoms with Gasteiger partial charge in [0.05, 0.1) is 21.3 Å². The summed E-state index contributed by atoms with van der Waals surface area (Å²) < 4.78 is 50.7. The topological polar surface area (TPSA) is 144 Å². The van der Waals surface area contributed by atoms with Gasteiger partial charge in [0, 0.05) is 38.9 Å². The summed E-state index contributed by atoms with van der Waals surface area (Å²) in [5.74, 6) is 4.61. The van der Waals surface area contributed by atoms with Gasteiger partial charge >= 0.3 is 17.9 Å². The molecule has 0 heterocycles. The molecule has 87 heavy (non-hydrogen) atoms. The molecule has 15 nitrogen and oxygen atoms in total. The summed E-state index contributed by atoms with van der Waals surface area (Å²) in [5, 5.41) is 0. The molecule has 3 atom stereocenters. The fraction of sp³-hybridized carbons (Fsp3) is 0.458. The molecule has 0 aliphatic carbocycles. The molecule has 0 amide bonds. The van der Waals surface area contributed by atoms with E-state index in [1.165, 1.54) is 16.7 Å². The number of carbonyl (C=O) groups is 3. The minimum Gasteiger partial charge on any atom is -0.497 e. The highest BCUT2D eigenvalue weighted by atomic mass is 16.6. The molecule has 6 aromatic rings. The Morgan fingerprint density at radius 3 is 0.805 bits per heavy atom. The number of esters is 3. The van der Waals surface area contributed by atoms with Crippen LogP contribution in [-0.2, 0) is 67.1 Å². The summed E-state index contributed by atoms with van der Waals surface area (Å²) in [6.45, 7) is 8.82. The van der Waals surface area contributed by atoms with E-state index in [9.17, 15) is 14.4 Å². The molecule has 0 aliphatic rings. The molecule has 6 rings (SSSR count). The number of rotatable bonds is 36. The fourth-order valence-corrected chi connectivity index (χ4v) is 9.26. The number of likely N-dealkylation sites (N-methyl/N-ethyl adjacent to an activating group) is 3. The Hall–Kier alpha value is -7.59. The monoisotopic (exact) mass is 1200 g/mol. The maximum absolute atomic E-state index is 11.9. The van der Waals surface area contributed by atoms with Crippen LogP contribution < -0.4 is 28.4 Å². The average Bonchev–Trinajstić information content (AvgIpc) is 3.72. The lowest BCUT2D eigenvalue weighted by atomic mass is 10.0. The van der Waals surface area contributed by atoms with Gasteiger partial charge in [0.2, 0.25) is 0 Å². The molecule has 0 saturated carbocycles. The second-order valence-electron chi connectivity index (χ2n) is 22.2. The van der Waals surface area contributed by atoms with E-state index < -0.39 is 0 Å². The van der Waals surface area contributed by atoms with Crippen molar-refractivity contribution >= 4 is 17.9 Å². The number of hydrogen-bond acceptors (Lipinski definition) is 15. The van der Waals surface area contributed by atoms with Crippen molar-refractivity contribution in [2.24, 2.45) is 0 Å². The Balaban J connectivity index is 0.000000279. The summed E-state index contributed by atoms with van der Waals surface area (Å²) in [7, 11) is 16.8. The lowest BCUT2D eigenvalue weighted by Crippen LogP contribution is -2.35. The molecule has 0 saturated heterocycles. The Bertz CT molecular complexity index is 2540. The minimum absolute atomic E-state index is 0.171. The molecule has 6 aromatic carbocycles. The van der Waals surface area contributed by atoms with Crippen LogP contribution >= 0.6 is 0 Å². The zero-order valence-corrected chi connectivity index (χ0v) is 54.1. The van der Waals surface area contributed by atoms with E-state index in [2.05, 4.69) is 54.6 Å². The lowest BCUT2D eigenvalue weighted by molar-refractivity contribution is -0.152. The first-order valence-electron chi connectivity index (χ1n) is 30.6. The van der Waals surface area contributed by atoms with E-state index in [1.54, 1.807) is 21.3 Å². The van der Waals surface area contributed by atoms with E-state index in [0.717, 1.165) is 109 Å². The SMILES string of the molecule is CCCC(=O)OC(COc1ccccc1CCc1ccc(OC)cc1)CN(C)C.CCCC(=O)O[C@@H](COc1ccccc1CCc1ccc(OC)cc1)CN(C)C.CCCC(=O)O[C@H](COc1ccccc1CCc1ccc(OC)cc1)CN(C)C. The first-order valence-corrected chi connectivity index (χ1v) is 30.6. The summed E-state index contributed by atoms with van der Waals surface area (Å²) in [4.78, 5) is 41.7. The van der Waals surface area contributed by atoms with E-state index >= 15 is 0 Å². The van der Waals surface area contributed by atoms with E-state index in [0.29, 0.717) is 58.7 Å². The Kier molecular flexibility index (Phi) is 34.3. The second-order valence-corrected chi connectivity index (χ2v) is 22.2. The highest BCUT2D eigenvalue weighted by Gasteiger charge is 2.20. The Morgan fingerprint density at radius 1 is 0.345 bits per heavy atom. The van der Waals surface area contributed by atoms with Crippen LogP contribution in [-0.4, -0.2) is 154 Å². The number of para-hydroxylation sites is 3. The number of nitrogens with zero attached hydrogens (tertiary/aromatic N) is 3. The van der Waals surface area contributed by atoms with Gasteiger partial charge in [-0.15, -0.1) is 0 Å². The predicted octanol–water partition coefficient (Wildman–Crippen LogP) is 12.4. The Labute approximate surface area is 520 Å². The third-order valence-electron chi connectivity index (χ3n) is 13.7. The van der Waals surface area contributed by atoms with Crippen LogP contribution in [0.25, 0.3) is 0 Å². The third kappa shape index (κ3) is 29.6. The third-order valence-corrected chi connectivity index (χ3v) is 13.7. The van der Waals surface area contributed by atoms with Gasteiger partial charge in [0.15, 0.2) is 0 Å². The van der Waals surface area contributed by atoms with Crippen LogP contribution in [0.15, 0.2) is 146 Å². The van der Waals surface area contributed by atoms with Crippen molar-refractivity contribution in [2.75, 3.05) is 103 Å². The maximum Gasteiger partial charge on any atom is 0.306 e. The van der Waals surface area contributed by atoms with Crippen molar-refractivity contribution < 1.29 is 57.0 Å². The first kappa shape index (κ1) is 71.9. The quantitative estimate of drug-likeness (QED) is 0.0272. The number of aryl methyl sites for hydroxylation is 6. The van der Waals surface area contributed by atoms with Crippen LogP contribution in [0.3, 0.4) is 0 Å². The molecule has 0 spiro atoms. The van der Waals surface area contributed by atoms with Gasteiger partial charge in [-0.25, -0.2) is 0 Å². The standard InChI is InChI=1S/3C24H33NO4/c3*1-5-8-24(26)29-22(17-25(2)3)18-28-23-10-7-6-9-20(23)14-11-19-12-15-21(27-4)16-13-19/h3*6-7,9-10,12-13,15-16,22H,5,8,11,14,17-18H2,1-4H3/t2*22-;/m10./s1. The van der Waals surface area contributed by atoms with Gasteiger partial charge in [0.1, 0.15) is 72.6 Å². The average molecular weight is 1200 g/mol. The zero-order chi connectivity index (χ0) is 63.2. The highest BCUT2D eigenvalue weighted by molar-refractivity contribution is 5.70. The van der Waals surface area contributed by atoms with Crippen LogP contribution in [0.1, 0.15) is 92.7 Å². The minimum atomic E-state index is -0.293. The summed E-state index contributed by atoms with van der Waals surface area (Å²) in [6.07, 6.45) is 8.12. The number of ether oxygens (including phenoxy) is 9. The van der Waals surface area contributed by atoms with Gasteiger partial charge < -0.3 is 57.3 Å². The van der Waals surface area contributed by atoms with Crippen molar-refractivity contribution in [3.05, 3.63) is 179 Å². The van der Waals surface area contributed by atoms with Crippen molar-refractivity contribution in [2.45, 2.75) is 116 Å². The summed E-state index contributed by atoms with van der Waals surface area (Å²) >= 11 is 0. The predicted molar refractivity (Wildman–Crippen MR) is 347 cm³/mol. The largest absolute Gasteiger partial charge is 0.497 e. The molecule has 0 aliphatic heterocycles. The van der Waals surface area contributed by atoms with Crippen molar-refractivity contribution in [1.29, 1.82) is 0 Å². The van der Waals surface area contributed by atoms with E-state index in [-0.39, 0.29) is 36.2 Å². The molecular weight excluding hydrogens is 1100 g/mol. The van der Waals surface area contributed by atoms with Crippen molar-refractivity contribution in [3.8, 4) is 34.5 Å². The van der Waals surface area contributed by atoms with Crippen molar-refractivity contribution in [3.63, 3.8) is 0 Å². The molecule has 0 aromatic heterocycles. The molecule has 474 valence electrons. The highest BCUT2D eigenvalue weighted by Crippen LogP contribution is 2.25. The van der Waals surface area contributed by atoms with Gasteiger partial charge in [-0.3, -0.25) is 14.4 Å². The van der Waals surface area contributed by atoms with Gasteiger partial charge in [-0.2, -0.15) is 0 Å². The van der Waals surface area contributed by atoms with Crippen LogP contribution in [0, 0.1) is 0 Å². The van der Waals surface area contributed by atoms with Crippen LogP contribution in [0.2, 0.25) is 0 Å². The first-order chi connectivity index (χ1) is 42.0. The molecule has 0 radical (unpaired) electrons. The summed E-state index contributed by atoms with van der Waals surface area (Å²) in [5.41, 5.74) is 7.18. The number of hydrogen-bond donors (Lipinski definition) is 0. The van der Waals surface area contributed by atoms with Gasteiger partial charge in [-0.05, 0) is 188 Å². The van der Waals surface area contributed by atoms with Gasteiger partial charge in [0.25, 0.3) is 0 Å². The number of carbonyl (C=O) groups excluding carboxylic acids is 3. The molecule has 0 bridgehead atoms. The lowest BCUT2D eigenvalue weighted by Gasteiger charge is -2.22. The summed E-state index contributed by atoms with van der Waals surface area (Å²) in [6, 6.07) is 48.6. The molecule has 15 heteroatoms. The Morgan fingerprint density at radius 2 is 0.586 bits per heavy atom. The van der Waals surface area contributed by atoms with E-state index in [4.69, 9.17) is 42.6 Å². The zero-order valence-electron chi connectivity index (χ0n) is 54.1. The fourth-order valence-electron chi connectivity index (χ4n) is 9.26. The van der Waals surface area contributed by atoms with Crippen LogP contribution in [0.5, 0.6) is 34.5 Å². The number of methoxy groups -OCH3 is 3. The molecular formula is C72H99N3O12. The molecule has 0 N–H and O–H groups in total. The molecule has 0 fully saturated rings. The van der Waals surface area contributed by atoms with Crippen molar-refractivity contribution in [1.82, 2.24) is 14.7 Å². The second kappa shape index (κ2) is 41.5. The normalized spacial score (nSPS) is 11.9. The maximum atomic E-state index is 11.9.